The Hall–Kier alpha value is 0.200. The minimum atomic E-state index is -3.27. The van der Waals surface area contributed by atoms with Crippen LogP contribution in [0, 0.1) is 0 Å². The second kappa shape index (κ2) is 2.11. The van der Waals surface area contributed by atoms with Crippen molar-refractivity contribution < 1.29 is 8.42 Å². The Kier molecular flexibility index (Phi) is 1.71. The average Bonchev–Trinajstić information content (AvgIpc) is 1.55. The van der Waals surface area contributed by atoms with Gasteiger partial charge in [-0.05, 0) is 7.05 Å². The van der Waals surface area contributed by atoms with Gasteiger partial charge >= 0.3 is 0 Å². The van der Waals surface area contributed by atoms with Crippen molar-refractivity contribution in [3.05, 3.63) is 0 Å². The van der Waals surface area contributed by atoms with Crippen LogP contribution in [0.4, 0.5) is 0 Å². The topological polar surface area (TPSA) is 37.4 Å². The van der Waals surface area contributed by atoms with Crippen LogP contribution in [-0.4, -0.2) is 38.7 Å². The average molecular weight is 170 g/mol. The number of hydrogen-bond acceptors (Lipinski definition) is 3. The van der Waals surface area contributed by atoms with E-state index in [0.717, 1.165) is 0 Å². The van der Waals surface area contributed by atoms with E-state index in [1.165, 1.54) is 0 Å². The molecule has 0 atom stereocenters. The van der Waals surface area contributed by atoms with E-state index in [1.54, 1.807) is 0 Å². The number of rotatable bonds is 1. The van der Waals surface area contributed by atoms with Gasteiger partial charge in [-0.3, -0.25) is 0 Å². The summed E-state index contributed by atoms with van der Waals surface area (Å²) < 4.78 is 21.0. The fourth-order valence-corrected chi connectivity index (χ4v) is 2.02. The maximum Gasteiger partial charge on any atom is 0.237 e. The van der Waals surface area contributed by atoms with Crippen LogP contribution in [0.1, 0.15) is 0 Å². The first-order valence-corrected chi connectivity index (χ1v) is 4.99. The van der Waals surface area contributed by atoms with E-state index in [2.05, 4.69) is 0 Å². The Bertz CT molecular complexity index is 195. The van der Waals surface area contributed by atoms with Gasteiger partial charge in [0.15, 0.2) is 0 Å². The fourth-order valence-electron chi connectivity index (χ4n) is 0.820. The van der Waals surface area contributed by atoms with E-state index >= 15 is 0 Å². The molecule has 3 nitrogen and oxygen atoms in total. The molecule has 5 heteroatoms. The van der Waals surface area contributed by atoms with Crippen LogP contribution in [0.5, 0.6) is 0 Å². The minimum absolute atomic E-state index is 0.329. The molecule has 0 aromatic carbocycles. The number of hydrogen-bond donors (Lipinski definition) is 0. The largest absolute Gasteiger partial charge is 0.304 e. The van der Waals surface area contributed by atoms with E-state index in [0.29, 0.717) is 13.1 Å². The highest BCUT2D eigenvalue weighted by atomic mass is 35.7. The predicted molar refractivity (Wildman–Crippen MR) is 36.1 cm³/mol. The van der Waals surface area contributed by atoms with Gasteiger partial charge in [-0.15, -0.1) is 0 Å². The molecular formula is C4H8ClNO2S. The van der Waals surface area contributed by atoms with Crippen molar-refractivity contribution in [2.24, 2.45) is 0 Å². The van der Waals surface area contributed by atoms with E-state index in [4.69, 9.17) is 10.7 Å². The first-order chi connectivity index (χ1) is 4.00. The van der Waals surface area contributed by atoms with Gasteiger partial charge in [0.05, 0.1) is 0 Å². The summed E-state index contributed by atoms with van der Waals surface area (Å²) >= 11 is 0. The molecule has 0 N–H and O–H groups in total. The van der Waals surface area contributed by atoms with Crippen LogP contribution < -0.4 is 0 Å². The maximum absolute atomic E-state index is 10.5. The van der Waals surface area contributed by atoms with Crippen LogP contribution in [-0.2, 0) is 9.05 Å². The normalized spacial score (nSPS) is 23.8. The molecule has 0 spiro atoms. The summed E-state index contributed by atoms with van der Waals surface area (Å²) in [6.07, 6.45) is 0. The number of likely N-dealkylation sites (tertiary alicyclic amines) is 1. The Balaban J connectivity index is 2.51. The van der Waals surface area contributed by atoms with E-state index in [-0.39, 0.29) is 5.25 Å². The van der Waals surface area contributed by atoms with E-state index in [9.17, 15) is 8.42 Å². The molecular weight excluding hydrogens is 162 g/mol. The molecule has 0 aromatic heterocycles. The lowest BCUT2D eigenvalue weighted by atomic mass is 10.2. The summed E-state index contributed by atoms with van der Waals surface area (Å²) in [5.41, 5.74) is 0. The van der Waals surface area contributed by atoms with Crippen LogP contribution >= 0.6 is 10.7 Å². The molecule has 1 fully saturated rings. The summed E-state index contributed by atoms with van der Waals surface area (Å²) in [6.45, 7) is 1.15. The highest BCUT2D eigenvalue weighted by Gasteiger charge is 2.33. The molecule has 0 aliphatic carbocycles. The summed E-state index contributed by atoms with van der Waals surface area (Å²) in [6, 6.07) is 0. The van der Waals surface area contributed by atoms with Crippen LogP contribution in [0.25, 0.3) is 0 Å². The monoisotopic (exact) mass is 169 g/mol. The lowest BCUT2D eigenvalue weighted by Gasteiger charge is -2.33. The van der Waals surface area contributed by atoms with Crippen molar-refractivity contribution in [1.82, 2.24) is 4.90 Å². The molecule has 54 valence electrons. The third-order valence-corrected chi connectivity index (χ3v) is 3.28. The molecule has 1 saturated heterocycles. The van der Waals surface area contributed by atoms with E-state index in [1.807, 2.05) is 11.9 Å². The second-order valence-electron chi connectivity index (χ2n) is 2.32. The zero-order valence-corrected chi connectivity index (χ0v) is 6.61. The zero-order chi connectivity index (χ0) is 7.07. The van der Waals surface area contributed by atoms with Gasteiger partial charge in [0.1, 0.15) is 5.25 Å². The zero-order valence-electron chi connectivity index (χ0n) is 5.04. The molecule has 0 amide bonds. The van der Waals surface area contributed by atoms with Gasteiger partial charge in [-0.1, -0.05) is 0 Å². The molecule has 0 bridgehead atoms. The SMILES string of the molecule is CN1CC(S(=O)(=O)Cl)C1. The molecule has 0 unspecified atom stereocenters. The van der Waals surface area contributed by atoms with E-state index < -0.39 is 9.05 Å². The third-order valence-electron chi connectivity index (χ3n) is 1.43. The summed E-state index contributed by atoms with van der Waals surface area (Å²) in [7, 11) is 3.64. The van der Waals surface area contributed by atoms with Gasteiger partial charge in [0, 0.05) is 23.8 Å². The summed E-state index contributed by atoms with van der Waals surface area (Å²) in [5.74, 6) is 0. The summed E-state index contributed by atoms with van der Waals surface area (Å²) in [4.78, 5) is 1.91. The van der Waals surface area contributed by atoms with Crippen molar-refractivity contribution >= 4 is 19.7 Å². The number of halogens is 1. The first-order valence-electron chi connectivity index (χ1n) is 2.62. The molecule has 1 rings (SSSR count). The quantitative estimate of drug-likeness (QED) is 0.514. The molecule has 1 heterocycles. The standard InChI is InChI=1S/C4H8ClNO2S/c1-6-2-4(3-6)9(5,7)8/h4H,2-3H2,1H3. The second-order valence-corrected chi connectivity index (χ2v) is 5.23. The maximum atomic E-state index is 10.5. The Labute approximate surface area is 59.0 Å². The van der Waals surface area contributed by atoms with Crippen molar-refractivity contribution in [2.75, 3.05) is 20.1 Å². The Morgan fingerprint density at radius 1 is 1.56 bits per heavy atom. The van der Waals surface area contributed by atoms with Crippen molar-refractivity contribution in [1.29, 1.82) is 0 Å². The smallest absolute Gasteiger partial charge is 0.237 e. The van der Waals surface area contributed by atoms with Crippen LogP contribution in [0.2, 0.25) is 0 Å². The summed E-state index contributed by atoms with van der Waals surface area (Å²) in [5, 5.41) is -0.329. The predicted octanol–water partition coefficient (Wildman–Crippen LogP) is -0.131. The highest BCUT2D eigenvalue weighted by molar-refractivity contribution is 8.14. The molecule has 0 aromatic rings. The van der Waals surface area contributed by atoms with Crippen molar-refractivity contribution in [3.63, 3.8) is 0 Å². The lowest BCUT2D eigenvalue weighted by Crippen LogP contribution is -2.50. The van der Waals surface area contributed by atoms with Gasteiger partial charge < -0.3 is 4.90 Å². The molecule has 1 aliphatic heterocycles. The fraction of sp³-hybridized carbons (Fsp3) is 1.00. The first kappa shape index (κ1) is 7.31. The molecule has 0 radical (unpaired) electrons. The molecule has 1 aliphatic rings. The molecule has 0 saturated carbocycles. The Morgan fingerprint density at radius 3 is 2.11 bits per heavy atom. The Morgan fingerprint density at radius 2 is 2.00 bits per heavy atom. The van der Waals surface area contributed by atoms with Gasteiger partial charge in [-0.25, -0.2) is 8.42 Å². The van der Waals surface area contributed by atoms with Gasteiger partial charge in [-0.2, -0.15) is 0 Å². The van der Waals surface area contributed by atoms with Crippen molar-refractivity contribution in [3.8, 4) is 0 Å². The molecule has 9 heavy (non-hydrogen) atoms. The van der Waals surface area contributed by atoms with Gasteiger partial charge in [0.25, 0.3) is 0 Å². The minimum Gasteiger partial charge on any atom is -0.304 e. The lowest BCUT2D eigenvalue weighted by molar-refractivity contribution is 0.233. The van der Waals surface area contributed by atoms with Crippen LogP contribution in [0.15, 0.2) is 0 Å². The van der Waals surface area contributed by atoms with Crippen LogP contribution in [0.3, 0.4) is 0 Å². The van der Waals surface area contributed by atoms with Gasteiger partial charge in [0.2, 0.25) is 9.05 Å². The highest BCUT2D eigenvalue weighted by Crippen LogP contribution is 2.16. The van der Waals surface area contributed by atoms with Crippen molar-refractivity contribution in [2.45, 2.75) is 5.25 Å². The third kappa shape index (κ3) is 1.56. The number of nitrogens with zero attached hydrogens (tertiary/aromatic N) is 1.